The maximum Gasteiger partial charge on any atom is 0.258 e. The Labute approximate surface area is 155 Å². The highest BCUT2D eigenvalue weighted by atomic mass is 16.5. The van der Waals surface area contributed by atoms with Gasteiger partial charge in [-0.1, -0.05) is 26.0 Å². The van der Waals surface area contributed by atoms with E-state index in [2.05, 4.69) is 34.0 Å². The molecule has 1 aromatic heterocycles. The topological polar surface area (TPSA) is 67.4 Å². The Kier molecular flexibility index (Phi) is 7.38. The number of para-hydroxylation sites is 2. The van der Waals surface area contributed by atoms with Gasteiger partial charge in [-0.2, -0.15) is 0 Å². The van der Waals surface area contributed by atoms with Gasteiger partial charge in [0.2, 0.25) is 5.95 Å². The van der Waals surface area contributed by atoms with Crippen LogP contribution in [-0.2, 0) is 0 Å². The molecule has 6 heteroatoms. The molecule has 0 spiro atoms. The predicted molar refractivity (Wildman–Crippen MR) is 105 cm³/mol. The van der Waals surface area contributed by atoms with Crippen molar-refractivity contribution in [3.63, 3.8) is 0 Å². The predicted octanol–water partition coefficient (Wildman–Crippen LogP) is 4.14. The van der Waals surface area contributed by atoms with Gasteiger partial charge in [-0.25, -0.2) is 9.97 Å². The van der Waals surface area contributed by atoms with E-state index >= 15 is 0 Å². The number of hydrogen-bond donors (Lipinski definition) is 1. The monoisotopic (exact) mass is 356 g/mol. The summed E-state index contributed by atoms with van der Waals surface area (Å²) in [6.45, 7) is 9.95. The first-order valence-electron chi connectivity index (χ1n) is 9.19. The number of nitrogens with one attached hydrogen (secondary N) is 1. The first-order valence-corrected chi connectivity index (χ1v) is 9.19. The van der Waals surface area contributed by atoms with Crippen LogP contribution in [0.2, 0.25) is 0 Å². The summed E-state index contributed by atoms with van der Waals surface area (Å²) in [6, 6.07) is 7.38. The third kappa shape index (κ3) is 5.44. The van der Waals surface area contributed by atoms with Gasteiger partial charge < -0.3 is 15.0 Å². The lowest BCUT2D eigenvalue weighted by molar-refractivity contribution is 0.102. The molecule has 0 aliphatic heterocycles. The minimum absolute atomic E-state index is 0.0267. The van der Waals surface area contributed by atoms with Crippen LogP contribution in [0.25, 0.3) is 0 Å². The molecule has 1 N–H and O–H groups in total. The molecule has 0 saturated carbocycles. The summed E-state index contributed by atoms with van der Waals surface area (Å²) >= 11 is 0. The molecule has 0 unspecified atom stereocenters. The highest BCUT2D eigenvalue weighted by molar-refractivity contribution is 6.04. The van der Waals surface area contributed by atoms with Crippen LogP contribution in [-0.4, -0.2) is 35.1 Å². The van der Waals surface area contributed by atoms with Gasteiger partial charge in [0.25, 0.3) is 5.91 Å². The fraction of sp³-hybridized carbons (Fsp3) is 0.450. The molecule has 0 saturated heterocycles. The highest BCUT2D eigenvalue weighted by Crippen LogP contribution is 2.25. The van der Waals surface area contributed by atoms with Crippen molar-refractivity contribution in [3.8, 4) is 5.75 Å². The number of hydrogen-bond acceptors (Lipinski definition) is 5. The largest absolute Gasteiger partial charge is 0.489 e. The van der Waals surface area contributed by atoms with Crippen molar-refractivity contribution in [3.05, 3.63) is 42.2 Å². The van der Waals surface area contributed by atoms with Gasteiger partial charge in [-0.3, -0.25) is 4.79 Å². The molecular weight excluding hydrogens is 328 g/mol. The molecule has 0 aliphatic carbocycles. The number of benzene rings is 1. The van der Waals surface area contributed by atoms with Crippen LogP contribution in [0.3, 0.4) is 0 Å². The first-order chi connectivity index (χ1) is 12.5. The quantitative estimate of drug-likeness (QED) is 0.731. The zero-order valence-electron chi connectivity index (χ0n) is 16.0. The summed E-state index contributed by atoms with van der Waals surface area (Å²) in [5.41, 5.74) is 1.05. The van der Waals surface area contributed by atoms with E-state index in [0.717, 1.165) is 25.9 Å². The van der Waals surface area contributed by atoms with Crippen LogP contribution < -0.4 is 15.0 Å². The maximum absolute atomic E-state index is 12.5. The van der Waals surface area contributed by atoms with Crippen LogP contribution in [0, 0.1) is 0 Å². The summed E-state index contributed by atoms with van der Waals surface area (Å²) in [5.74, 6) is 1.05. The molecule has 0 bridgehead atoms. The summed E-state index contributed by atoms with van der Waals surface area (Å²) in [4.78, 5) is 23.4. The average Bonchev–Trinajstić information content (AvgIpc) is 2.63. The fourth-order valence-corrected chi connectivity index (χ4v) is 2.57. The van der Waals surface area contributed by atoms with Crippen LogP contribution >= 0.6 is 0 Å². The number of amides is 1. The average molecular weight is 356 g/mol. The molecule has 1 heterocycles. The molecule has 0 fully saturated rings. The molecule has 2 rings (SSSR count). The van der Waals surface area contributed by atoms with Crippen molar-refractivity contribution < 1.29 is 9.53 Å². The second-order valence-electron chi connectivity index (χ2n) is 6.38. The standard InChI is InChI=1S/C20H28N4O2/c1-5-11-24(12-6-2)20-21-13-16(14-22-20)19(25)23-17-9-7-8-10-18(17)26-15(3)4/h7-10,13-15H,5-6,11-12H2,1-4H3,(H,23,25). The minimum Gasteiger partial charge on any atom is -0.489 e. The van der Waals surface area contributed by atoms with Gasteiger partial charge >= 0.3 is 0 Å². The number of rotatable bonds is 9. The molecule has 1 amide bonds. The van der Waals surface area contributed by atoms with Crippen LogP contribution in [0.15, 0.2) is 36.7 Å². The summed E-state index contributed by atoms with van der Waals surface area (Å²) in [6.07, 6.45) is 5.22. The van der Waals surface area contributed by atoms with E-state index in [1.807, 2.05) is 38.1 Å². The van der Waals surface area contributed by atoms with E-state index in [1.54, 1.807) is 12.4 Å². The SMILES string of the molecule is CCCN(CCC)c1ncc(C(=O)Nc2ccccc2OC(C)C)cn1. The maximum atomic E-state index is 12.5. The number of carbonyl (C=O) groups is 1. The van der Waals surface area contributed by atoms with E-state index in [4.69, 9.17) is 4.74 Å². The summed E-state index contributed by atoms with van der Waals surface area (Å²) < 4.78 is 5.73. The Bertz CT molecular complexity index is 695. The van der Waals surface area contributed by atoms with Crippen molar-refractivity contribution >= 4 is 17.5 Å². The Balaban J connectivity index is 2.11. The minimum atomic E-state index is -0.256. The molecule has 0 aliphatic rings. The van der Waals surface area contributed by atoms with Crippen LogP contribution in [0.5, 0.6) is 5.75 Å². The molecule has 26 heavy (non-hydrogen) atoms. The molecule has 6 nitrogen and oxygen atoms in total. The highest BCUT2D eigenvalue weighted by Gasteiger charge is 2.13. The smallest absolute Gasteiger partial charge is 0.258 e. The lowest BCUT2D eigenvalue weighted by atomic mass is 10.2. The molecular formula is C20H28N4O2. The molecule has 0 atom stereocenters. The third-order valence-corrected chi connectivity index (χ3v) is 3.67. The van der Waals surface area contributed by atoms with Gasteiger partial charge in [-0.05, 0) is 38.8 Å². The van der Waals surface area contributed by atoms with E-state index in [1.165, 1.54) is 0 Å². The number of anilines is 2. The lowest BCUT2D eigenvalue weighted by Crippen LogP contribution is -2.27. The van der Waals surface area contributed by atoms with Crippen molar-refractivity contribution in [1.82, 2.24) is 9.97 Å². The van der Waals surface area contributed by atoms with Crippen molar-refractivity contribution in [2.24, 2.45) is 0 Å². The Morgan fingerprint density at radius 2 is 1.73 bits per heavy atom. The van der Waals surface area contributed by atoms with Crippen molar-refractivity contribution in [1.29, 1.82) is 0 Å². The molecule has 1 aromatic carbocycles. The molecule has 140 valence electrons. The van der Waals surface area contributed by atoms with Gasteiger partial charge in [0, 0.05) is 25.5 Å². The molecule has 2 aromatic rings. The first kappa shape index (κ1) is 19.7. The normalized spacial score (nSPS) is 10.7. The lowest BCUT2D eigenvalue weighted by Gasteiger charge is -2.21. The zero-order valence-corrected chi connectivity index (χ0v) is 16.0. The van der Waals surface area contributed by atoms with Gasteiger partial charge in [0.05, 0.1) is 17.4 Å². The summed E-state index contributed by atoms with van der Waals surface area (Å²) in [7, 11) is 0. The third-order valence-electron chi connectivity index (χ3n) is 3.67. The number of ether oxygens (including phenoxy) is 1. The summed E-state index contributed by atoms with van der Waals surface area (Å²) in [5, 5.41) is 2.87. The Morgan fingerprint density at radius 1 is 1.12 bits per heavy atom. The Hall–Kier alpha value is -2.63. The van der Waals surface area contributed by atoms with Crippen LogP contribution in [0.1, 0.15) is 50.9 Å². The van der Waals surface area contributed by atoms with E-state index in [-0.39, 0.29) is 12.0 Å². The number of aromatic nitrogens is 2. The zero-order chi connectivity index (χ0) is 18.9. The van der Waals surface area contributed by atoms with Crippen molar-refractivity contribution in [2.45, 2.75) is 46.6 Å². The fourth-order valence-electron chi connectivity index (χ4n) is 2.57. The van der Waals surface area contributed by atoms with E-state index in [0.29, 0.717) is 22.9 Å². The van der Waals surface area contributed by atoms with Gasteiger partial charge in [-0.15, -0.1) is 0 Å². The van der Waals surface area contributed by atoms with Crippen molar-refractivity contribution in [2.75, 3.05) is 23.3 Å². The molecule has 0 radical (unpaired) electrons. The number of carbonyl (C=O) groups excluding carboxylic acids is 1. The van der Waals surface area contributed by atoms with Gasteiger partial charge in [0.15, 0.2) is 0 Å². The Morgan fingerprint density at radius 3 is 2.31 bits per heavy atom. The second-order valence-corrected chi connectivity index (χ2v) is 6.38. The van der Waals surface area contributed by atoms with Crippen LogP contribution in [0.4, 0.5) is 11.6 Å². The second kappa shape index (κ2) is 9.75. The van der Waals surface area contributed by atoms with Gasteiger partial charge in [0.1, 0.15) is 5.75 Å². The number of nitrogens with zero attached hydrogens (tertiary/aromatic N) is 3. The van der Waals surface area contributed by atoms with E-state index in [9.17, 15) is 4.79 Å². The van der Waals surface area contributed by atoms with E-state index < -0.39 is 0 Å².